The number of piperazine rings is 1. The number of ether oxygens (including phenoxy) is 3. The molecule has 1 fully saturated rings. The second-order valence-corrected chi connectivity index (χ2v) is 7.54. The van der Waals surface area contributed by atoms with E-state index < -0.39 is 0 Å². The van der Waals surface area contributed by atoms with Crippen LogP contribution in [0.15, 0.2) is 42.5 Å². The van der Waals surface area contributed by atoms with E-state index >= 15 is 0 Å². The third-order valence-electron chi connectivity index (χ3n) is 5.34. The summed E-state index contributed by atoms with van der Waals surface area (Å²) in [6, 6.07) is 13.0. The Morgan fingerprint density at radius 2 is 1.42 bits per heavy atom. The molecule has 0 spiro atoms. The molecule has 0 aromatic heterocycles. The average Bonchev–Trinajstić information content (AvgIpc) is 2.82. The molecule has 1 aliphatic heterocycles. The molecule has 0 radical (unpaired) electrons. The number of rotatable bonds is 8. The standard InChI is InChI=1S/C24H30N2O5/c1-18-6-8-20(9-7-18)31-14-4-5-23(27)25-10-12-26(13-11-25)24(28)19-15-21(29-2)17-22(16-19)30-3/h6-9,15-17H,4-5,10-14H2,1-3H3. The van der Waals surface area contributed by atoms with E-state index in [4.69, 9.17) is 14.2 Å². The van der Waals surface area contributed by atoms with Gasteiger partial charge in [-0.15, -0.1) is 0 Å². The second-order valence-electron chi connectivity index (χ2n) is 7.54. The maximum Gasteiger partial charge on any atom is 0.254 e. The number of carbonyl (C=O) groups excluding carboxylic acids is 2. The zero-order valence-electron chi connectivity index (χ0n) is 18.4. The molecule has 0 aliphatic carbocycles. The molecule has 0 bridgehead atoms. The van der Waals surface area contributed by atoms with Gasteiger partial charge in [0.15, 0.2) is 0 Å². The zero-order valence-corrected chi connectivity index (χ0v) is 18.4. The third kappa shape index (κ3) is 6.13. The van der Waals surface area contributed by atoms with Crippen molar-refractivity contribution in [2.24, 2.45) is 0 Å². The highest BCUT2D eigenvalue weighted by molar-refractivity contribution is 5.95. The van der Waals surface area contributed by atoms with Gasteiger partial charge in [0.2, 0.25) is 5.91 Å². The van der Waals surface area contributed by atoms with Crippen molar-refractivity contribution in [3.8, 4) is 17.2 Å². The molecule has 0 atom stereocenters. The van der Waals surface area contributed by atoms with Gasteiger partial charge in [0.25, 0.3) is 5.91 Å². The molecular weight excluding hydrogens is 396 g/mol. The van der Waals surface area contributed by atoms with Gasteiger partial charge < -0.3 is 24.0 Å². The molecule has 0 unspecified atom stereocenters. The second kappa shape index (κ2) is 10.7. The number of hydrogen-bond donors (Lipinski definition) is 0. The molecule has 7 heteroatoms. The Balaban J connectivity index is 1.44. The number of methoxy groups -OCH3 is 2. The predicted molar refractivity (Wildman–Crippen MR) is 118 cm³/mol. The van der Waals surface area contributed by atoms with E-state index in [0.717, 1.165) is 5.75 Å². The fourth-order valence-electron chi connectivity index (χ4n) is 3.48. The number of carbonyl (C=O) groups is 2. The van der Waals surface area contributed by atoms with E-state index in [9.17, 15) is 9.59 Å². The lowest BCUT2D eigenvalue weighted by atomic mass is 10.1. The van der Waals surface area contributed by atoms with Crippen LogP contribution in [0.4, 0.5) is 0 Å². The van der Waals surface area contributed by atoms with Gasteiger partial charge in [0.1, 0.15) is 17.2 Å². The smallest absolute Gasteiger partial charge is 0.254 e. The van der Waals surface area contributed by atoms with Crippen molar-refractivity contribution in [2.45, 2.75) is 19.8 Å². The lowest BCUT2D eigenvalue weighted by molar-refractivity contribution is -0.132. The summed E-state index contributed by atoms with van der Waals surface area (Å²) in [6.07, 6.45) is 1.10. The Morgan fingerprint density at radius 3 is 2.00 bits per heavy atom. The van der Waals surface area contributed by atoms with Crippen LogP contribution >= 0.6 is 0 Å². The maximum absolute atomic E-state index is 12.9. The molecule has 2 aromatic carbocycles. The third-order valence-corrected chi connectivity index (χ3v) is 5.34. The van der Waals surface area contributed by atoms with Crippen molar-refractivity contribution in [1.29, 1.82) is 0 Å². The summed E-state index contributed by atoms with van der Waals surface area (Å²) in [5.74, 6) is 1.98. The zero-order chi connectivity index (χ0) is 22.2. The number of benzene rings is 2. The van der Waals surface area contributed by atoms with Gasteiger partial charge in [-0.3, -0.25) is 9.59 Å². The lowest BCUT2D eigenvalue weighted by Crippen LogP contribution is -2.50. The summed E-state index contributed by atoms with van der Waals surface area (Å²) in [5, 5.41) is 0. The highest BCUT2D eigenvalue weighted by Crippen LogP contribution is 2.24. The summed E-state index contributed by atoms with van der Waals surface area (Å²) in [6.45, 7) is 4.61. The molecular formula is C24H30N2O5. The minimum Gasteiger partial charge on any atom is -0.497 e. The van der Waals surface area contributed by atoms with Crippen LogP contribution in [0.1, 0.15) is 28.8 Å². The van der Waals surface area contributed by atoms with Crippen molar-refractivity contribution in [2.75, 3.05) is 47.0 Å². The Labute approximate surface area is 183 Å². The SMILES string of the molecule is COc1cc(OC)cc(C(=O)N2CCN(C(=O)CCCOc3ccc(C)cc3)CC2)c1. The van der Waals surface area contributed by atoms with E-state index in [-0.39, 0.29) is 11.8 Å². The number of aryl methyl sites for hydroxylation is 1. The average molecular weight is 427 g/mol. The minimum atomic E-state index is -0.0872. The monoisotopic (exact) mass is 426 g/mol. The Bertz CT molecular complexity index is 867. The van der Waals surface area contributed by atoms with Gasteiger partial charge in [0, 0.05) is 44.2 Å². The first kappa shape index (κ1) is 22.5. The highest BCUT2D eigenvalue weighted by Gasteiger charge is 2.25. The van der Waals surface area contributed by atoms with Gasteiger partial charge in [-0.05, 0) is 37.6 Å². The van der Waals surface area contributed by atoms with Crippen LogP contribution in [0.5, 0.6) is 17.2 Å². The Morgan fingerprint density at radius 1 is 0.839 bits per heavy atom. The van der Waals surface area contributed by atoms with Crippen LogP contribution in [-0.2, 0) is 4.79 Å². The molecule has 2 aromatic rings. The first-order valence-corrected chi connectivity index (χ1v) is 10.5. The molecule has 1 aliphatic rings. The van der Waals surface area contributed by atoms with E-state index in [1.807, 2.05) is 36.1 Å². The van der Waals surface area contributed by atoms with Crippen LogP contribution < -0.4 is 14.2 Å². The highest BCUT2D eigenvalue weighted by atomic mass is 16.5. The minimum absolute atomic E-state index is 0.0872. The quantitative estimate of drug-likeness (QED) is 0.607. The molecule has 1 saturated heterocycles. The molecule has 7 nitrogen and oxygen atoms in total. The summed E-state index contributed by atoms with van der Waals surface area (Å²) in [7, 11) is 3.11. The van der Waals surface area contributed by atoms with Crippen LogP contribution in [0.3, 0.4) is 0 Å². The van der Waals surface area contributed by atoms with Crippen molar-refractivity contribution in [3.63, 3.8) is 0 Å². The van der Waals surface area contributed by atoms with Crippen LogP contribution in [0.2, 0.25) is 0 Å². The summed E-state index contributed by atoms with van der Waals surface area (Å²) in [5.41, 5.74) is 1.70. The summed E-state index contributed by atoms with van der Waals surface area (Å²) in [4.78, 5) is 29.0. The first-order chi connectivity index (χ1) is 15.0. The molecule has 2 amide bonds. The number of hydrogen-bond acceptors (Lipinski definition) is 5. The fraction of sp³-hybridized carbons (Fsp3) is 0.417. The van der Waals surface area contributed by atoms with Crippen molar-refractivity contribution >= 4 is 11.8 Å². The summed E-state index contributed by atoms with van der Waals surface area (Å²) < 4.78 is 16.2. The van der Waals surface area contributed by atoms with Crippen LogP contribution in [-0.4, -0.2) is 68.6 Å². The maximum atomic E-state index is 12.9. The normalized spacial score (nSPS) is 13.6. The van der Waals surface area contributed by atoms with Gasteiger partial charge in [-0.25, -0.2) is 0 Å². The van der Waals surface area contributed by atoms with E-state index in [2.05, 4.69) is 0 Å². The van der Waals surface area contributed by atoms with E-state index in [0.29, 0.717) is 62.7 Å². The summed E-state index contributed by atoms with van der Waals surface area (Å²) >= 11 is 0. The molecule has 1 heterocycles. The molecule has 31 heavy (non-hydrogen) atoms. The largest absolute Gasteiger partial charge is 0.497 e. The van der Waals surface area contributed by atoms with E-state index in [1.165, 1.54) is 5.56 Å². The van der Waals surface area contributed by atoms with Crippen molar-refractivity contribution in [1.82, 2.24) is 9.80 Å². The fourth-order valence-corrected chi connectivity index (χ4v) is 3.48. The van der Waals surface area contributed by atoms with Gasteiger partial charge >= 0.3 is 0 Å². The molecule has 0 saturated carbocycles. The topological polar surface area (TPSA) is 68.3 Å². The molecule has 3 rings (SSSR count). The first-order valence-electron chi connectivity index (χ1n) is 10.5. The number of nitrogens with zero attached hydrogens (tertiary/aromatic N) is 2. The Kier molecular flexibility index (Phi) is 7.76. The molecule has 0 N–H and O–H groups in total. The lowest BCUT2D eigenvalue weighted by Gasteiger charge is -2.35. The molecule has 166 valence electrons. The predicted octanol–water partition coefficient (Wildman–Crippen LogP) is 3.16. The Hall–Kier alpha value is -3.22. The van der Waals surface area contributed by atoms with Gasteiger partial charge in [0.05, 0.1) is 20.8 Å². The van der Waals surface area contributed by atoms with Gasteiger partial charge in [-0.1, -0.05) is 17.7 Å². The number of amides is 2. The van der Waals surface area contributed by atoms with Crippen molar-refractivity contribution < 1.29 is 23.8 Å². The van der Waals surface area contributed by atoms with Gasteiger partial charge in [-0.2, -0.15) is 0 Å². The van der Waals surface area contributed by atoms with Crippen LogP contribution in [0.25, 0.3) is 0 Å². The van der Waals surface area contributed by atoms with E-state index in [1.54, 1.807) is 37.3 Å². The van der Waals surface area contributed by atoms with Crippen molar-refractivity contribution in [3.05, 3.63) is 53.6 Å². The van der Waals surface area contributed by atoms with Crippen LogP contribution in [0, 0.1) is 6.92 Å².